The van der Waals surface area contributed by atoms with Gasteiger partial charge in [-0.15, -0.1) is 0 Å². The minimum absolute atomic E-state index is 0.0556. The Hall–Kier alpha value is -3.23. The highest BCUT2D eigenvalue weighted by atomic mass is 19.4. The van der Waals surface area contributed by atoms with Crippen LogP contribution in [0.3, 0.4) is 0 Å². The molecule has 1 saturated heterocycles. The first-order valence-electron chi connectivity index (χ1n) is 8.97. The van der Waals surface area contributed by atoms with Crippen molar-refractivity contribution in [3.05, 3.63) is 53.6 Å². The van der Waals surface area contributed by atoms with Gasteiger partial charge in [-0.25, -0.2) is 4.79 Å². The van der Waals surface area contributed by atoms with Gasteiger partial charge in [0.05, 0.1) is 22.5 Å². The van der Waals surface area contributed by atoms with Crippen LogP contribution in [-0.2, 0) is 11.0 Å². The Morgan fingerprint density at radius 2 is 1.66 bits per heavy atom. The van der Waals surface area contributed by atoms with Gasteiger partial charge < -0.3 is 20.2 Å². The summed E-state index contributed by atoms with van der Waals surface area (Å²) in [5.41, 5.74) is 0.941. The number of anilines is 3. The van der Waals surface area contributed by atoms with Crippen LogP contribution in [0.15, 0.2) is 42.5 Å². The Kier molecular flexibility index (Phi) is 5.67. The number of nitrogens with zero attached hydrogens (tertiary/aromatic N) is 2. The number of alkyl halides is 3. The van der Waals surface area contributed by atoms with E-state index in [-0.39, 0.29) is 11.5 Å². The molecule has 1 aliphatic heterocycles. The topological polar surface area (TPSA) is 72.9 Å². The minimum atomic E-state index is -4.39. The normalized spacial score (nSPS) is 14.6. The number of benzene rings is 2. The second kappa shape index (κ2) is 8.02. The van der Waals surface area contributed by atoms with Gasteiger partial charge in [-0.1, -0.05) is 6.07 Å². The molecule has 1 aliphatic rings. The molecule has 1 heterocycles. The quantitative estimate of drug-likeness (QED) is 0.809. The summed E-state index contributed by atoms with van der Waals surface area (Å²) in [6.45, 7) is 3.33. The molecule has 0 aliphatic carbocycles. The molecule has 29 heavy (non-hydrogen) atoms. The van der Waals surface area contributed by atoms with E-state index in [1.54, 1.807) is 12.1 Å². The number of carbonyl (C=O) groups is 2. The van der Waals surface area contributed by atoms with Gasteiger partial charge in [0, 0.05) is 38.8 Å². The van der Waals surface area contributed by atoms with Crippen LogP contribution in [-0.4, -0.2) is 43.2 Å². The van der Waals surface area contributed by atoms with Crippen molar-refractivity contribution in [2.24, 2.45) is 0 Å². The van der Waals surface area contributed by atoms with Crippen molar-refractivity contribution >= 4 is 28.9 Å². The smallest absolute Gasteiger partial charge is 0.416 e. The molecule has 2 aromatic carbocycles. The van der Waals surface area contributed by atoms with E-state index >= 15 is 0 Å². The molecule has 9 heteroatoms. The maximum Gasteiger partial charge on any atom is 0.416 e. The number of amides is 1. The lowest BCUT2D eigenvalue weighted by Crippen LogP contribution is -2.46. The predicted molar refractivity (Wildman–Crippen MR) is 104 cm³/mol. The summed E-state index contributed by atoms with van der Waals surface area (Å²) in [5, 5.41) is 11.8. The molecule has 0 spiro atoms. The minimum Gasteiger partial charge on any atom is -0.478 e. The number of carbonyl (C=O) groups excluding carboxylic acids is 1. The van der Waals surface area contributed by atoms with Crippen LogP contribution in [0.5, 0.6) is 0 Å². The Labute approximate surface area is 165 Å². The first-order chi connectivity index (χ1) is 13.6. The van der Waals surface area contributed by atoms with Gasteiger partial charge in [-0.05, 0) is 36.4 Å². The molecule has 0 saturated carbocycles. The number of hydrogen-bond donors (Lipinski definition) is 2. The molecule has 1 amide bonds. The zero-order chi connectivity index (χ0) is 21.2. The van der Waals surface area contributed by atoms with E-state index in [2.05, 4.69) is 5.32 Å². The number of carboxylic acid groups (broad SMARTS) is 1. The largest absolute Gasteiger partial charge is 0.478 e. The molecule has 0 radical (unpaired) electrons. The first-order valence-corrected chi connectivity index (χ1v) is 8.97. The van der Waals surface area contributed by atoms with E-state index in [4.69, 9.17) is 0 Å². The summed E-state index contributed by atoms with van der Waals surface area (Å²) >= 11 is 0. The fourth-order valence-corrected chi connectivity index (χ4v) is 3.32. The summed E-state index contributed by atoms with van der Waals surface area (Å²) in [6, 6.07) is 9.72. The summed E-state index contributed by atoms with van der Waals surface area (Å²) < 4.78 is 38.9. The van der Waals surface area contributed by atoms with E-state index in [1.165, 1.54) is 25.1 Å². The summed E-state index contributed by atoms with van der Waals surface area (Å²) in [5.74, 6) is -1.42. The van der Waals surface area contributed by atoms with Gasteiger partial charge >= 0.3 is 12.1 Å². The molecule has 0 atom stereocenters. The van der Waals surface area contributed by atoms with Gasteiger partial charge in [0.2, 0.25) is 5.91 Å². The standard InChI is InChI=1S/C20H20F3N3O3/c1-13(27)24-17-11-14(19(28)29)5-6-18(17)26-9-7-25(8-10-26)16-4-2-3-15(12-16)20(21,22)23/h2-6,11-12H,7-10H2,1H3,(H,24,27)(H,28,29). The van der Waals surface area contributed by atoms with Gasteiger partial charge in [0.1, 0.15) is 0 Å². The zero-order valence-electron chi connectivity index (χ0n) is 15.7. The number of halogens is 3. The third kappa shape index (κ3) is 4.79. The van der Waals surface area contributed by atoms with E-state index in [0.717, 1.165) is 12.1 Å². The van der Waals surface area contributed by atoms with Gasteiger partial charge in [0.15, 0.2) is 0 Å². The predicted octanol–water partition coefficient (Wildman–Crippen LogP) is 3.69. The van der Waals surface area contributed by atoms with Crippen molar-refractivity contribution < 1.29 is 27.9 Å². The van der Waals surface area contributed by atoms with E-state index in [9.17, 15) is 27.9 Å². The van der Waals surface area contributed by atoms with Crippen molar-refractivity contribution in [3.8, 4) is 0 Å². The average molecular weight is 407 g/mol. The maximum atomic E-state index is 13.0. The average Bonchev–Trinajstić information content (AvgIpc) is 2.67. The molecule has 2 N–H and O–H groups in total. The van der Waals surface area contributed by atoms with E-state index in [0.29, 0.717) is 43.2 Å². The number of rotatable bonds is 4. The molecule has 6 nitrogen and oxygen atoms in total. The third-order valence-corrected chi connectivity index (χ3v) is 4.71. The Morgan fingerprint density at radius 1 is 1.00 bits per heavy atom. The number of piperazine rings is 1. The van der Waals surface area contributed by atoms with Crippen LogP contribution in [0.4, 0.5) is 30.2 Å². The molecule has 0 bridgehead atoms. The number of aromatic carboxylic acids is 1. The molecule has 2 aromatic rings. The molecule has 0 unspecified atom stereocenters. The van der Waals surface area contributed by atoms with Crippen LogP contribution in [0.25, 0.3) is 0 Å². The second-order valence-corrected chi connectivity index (χ2v) is 6.74. The molecular formula is C20H20F3N3O3. The SMILES string of the molecule is CC(=O)Nc1cc(C(=O)O)ccc1N1CCN(c2cccc(C(F)(F)F)c2)CC1. The third-order valence-electron chi connectivity index (χ3n) is 4.71. The number of nitrogens with one attached hydrogen (secondary N) is 1. The highest BCUT2D eigenvalue weighted by Gasteiger charge is 2.31. The van der Waals surface area contributed by atoms with Crippen molar-refractivity contribution in [3.63, 3.8) is 0 Å². The van der Waals surface area contributed by atoms with Crippen LogP contribution >= 0.6 is 0 Å². The molecule has 1 fully saturated rings. The lowest BCUT2D eigenvalue weighted by molar-refractivity contribution is -0.137. The summed E-state index contributed by atoms with van der Waals surface area (Å²) in [4.78, 5) is 26.6. The van der Waals surface area contributed by atoms with E-state index < -0.39 is 17.7 Å². The van der Waals surface area contributed by atoms with Crippen LogP contribution in [0, 0.1) is 0 Å². The molecular weight excluding hydrogens is 387 g/mol. The van der Waals surface area contributed by atoms with Gasteiger partial charge in [-0.3, -0.25) is 4.79 Å². The first kappa shape index (κ1) is 20.5. The summed E-state index contributed by atoms with van der Waals surface area (Å²) in [7, 11) is 0. The fraction of sp³-hybridized carbons (Fsp3) is 0.300. The second-order valence-electron chi connectivity index (χ2n) is 6.74. The molecule has 154 valence electrons. The highest BCUT2D eigenvalue weighted by molar-refractivity contribution is 5.96. The Balaban J connectivity index is 1.77. The van der Waals surface area contributed by atoms with Gasteiger partial charge in [-0.2, -0.15) is 13.2 Å². The van der Waals surface area contributed by atoms with Crippen molar-refractivity contribution in [2.45, 2.75) is 13.1 Å². The summed E-state index contributed by atoms with van der Waals surface area (Å²) in [6.07, 6.45) is -4.39. The van der Waals surface area contributed by atoms with Crippen LogP contribution in [0.1, 0.15) is 22.8 Å². The van der Waals surface area contributed by atoms with Crippen LogP contribution in [0.2, 0.25) is 0 Å². The van der Waals surface area contributed by atoms with Crippen LogP contribution < -0.4 is 15.1 Å². The lowest BCUT2D eigenvalue weighted by Gasteiger charge is -2.38. The molecule has 3 rings (SSSR count). The highest BCUT2D eigenvalue weighted by Crippen LogP contribution is 2.33. The Morgan fingerprint density at radius 3 is 2.24 bits per heavy atom. The van der Waals surface area contributed by atoms with Crippen molar-refractivity contribution in [2.75, 3.05) is 41.3 Å². The fourth-order valence-electron chi connectivity index (χ4n) is 3.32. The number of hydrogen-bond acceptors (Lipinski definition) is 4. The lowest BCUT2D eigenvalue weighted by atomic mass is 10.1. The van der Waals surface area contributed by atoms with E-state index in [1.807, 2.05) is 9.80 Å². The monoisotopic (exact) mass is 407 g/mol. The maximum absolute atomic E-state index is 13.0. The van der Waals surface area contributed by atoms with Gasteiger partial charge in [0.25, 0.3) is 0 Å². The number of carboxylic acids is 1. The molecule has 0 aromatic heterocycles. The zero-order valence-corrected chi connectivity index (χ0v) is 15.7. The van der Waals surface area contributed by atoms with Crippen molar-refractivity contribution in [1.29, 1.82) is 0 Å². The Bertz CT molecular complexity index is 923. The van der Waals surface area contributed by atoms with Crippen molar-refractivity contribution in [1.82, 2.24) is 0 Å².